The summed E-state index contributed by atoms with van der Waals surface area (Å²) in [6.07, 6.45) is 0. The van der Waals surface area contributed by atoms with Crippen LogP contribution in [0, 0.1) is 25.7 Å². The van der Waals surface area contributed by atoms with E-state index in [9.17, 15) is 4.79 Å². The van der Waals surface area contributed by atoms with Crippen molar-refractivity contribution in [2.24, 2.45) is 11.8 Å². The molecule has 15 heavy (non-hydrogen) atoms. The summed E-state index contributed by atoms with van der Waals surface area (Å²) in [5, 5.41) is 2.85. The minimum atomic E-state index is -0.202. The molecule has 0 saturated heterocycles. The van der Waals surface area contributed by atoms with Crippen molar-refractivity contribution in [2.75, 3.05) is 5.32 Å². The molecule has 1 amide bonds. The molecule has 0 aliphatic rings. The Kier molecular flexibility index (Phi) is 3.89. The Morgan fingerprint density at radius 1 is 1.27 bits per heavy atom. The minimum Gasteiger partial charge on any atom is -0.326 e. The quantitative estimate of drug-likeness (QED) is 0.805. The Morgan fingerprint density at radius 2 is 1.80 bits per heavy atom. The first-order valence-electron chi connectivity index (χ1n) is 5.21. The lowest BCUT2D eigenvalue weighted by Crippen LogP contribution is -2.24. The lowest BCUT2D eigenvalue weighted by Gasteiger charge is -2.15. The van der Waals surface area contributed by atoms with Gasteiger partial charge in [-0.3, -0.25) is 4.79 Å². The van der Waals surface area contributed by atoms with E-state index in [1.54, 1.807) is 0 Å². The van der Waals surface area contributed by atoms with Crippen LogP contribution in [0.15, 0.2) is 24.3 Å². The van der Waals surface area contributed by atoms with E-state index in [0.717, 1.165) is 5.69 Å². The van der Waals surface area contributed by atoms with Crippen LogP contribution in [-0.4, -0.2) is 5.91 Å². The summed E-state index contributed by atoms with van der Waals surface area (Å²) in [7, 11) is 0. The van der Waals surface area contributed by atoms with Crippen LogP contribution < -0.4 is 5.32 Å². The molecule has 0 heterocycles. The molecule has 0 aliphatic carbocycles. The molecule has 0 saturated carbocycles. The topological polar surface area (TPSA) is 29.1 Å². The number of carbonyl (C=O) groups excluding carboxylic acids is 1. The zero-order valence-corrected chi connectivity index (χ0v) is 9.58. The standard InChI is InChI=1S/C13H18NO/c1-9(2)11(4)13(15)14-12-7-5-10(3)6-8-12/h5-9,11H,4H2,1-3H3,(H,14,15). The molecular formula is C13H18NO. The summed E-state index contributed by atoms with van der Waals surface area (Å²) in [5.74, 6) is 0.0376. The first-order valence-corrected chi connectivity index (χ1v) is 5.21. The average Bonchev–Trinajstić information content (AvgIpc) is 2.20. The molecule has 2 nitrogen and oxygen atoms in total. The zero-order valence-electron chi connectivity index (χ0n) is 9.58. The van der Waals surface area contributed by atoms with Crippen molar-refractivity contribution < 1.29 is 4.79 Å². The molecule has 0 fully saturated rings. The molecule has 1 atom stereocenters. The van der Waals surface area contributed by atoms with Crippen molar-refractivity contribution in [2.45, 2.75) is 20.8 Å². The van der Waals surface area contributed by atoms with Crippen LogP contribution in [0.1, 0.15) is 19.4 Å². The Morgan fingerprint density at radius 3 is 2.27 bits per heavy atom. The largest absolute Gasteiger partial charge is 0.326 e. The number of rotatable bonds is 3. The molecule has 0 spiro atoms. The van der Waals surface area contributed by atoms with Crippen molar-refractivity contribution in [3.05, 3.63) is 36.8 Å². The van der Waals surface area contributed by atoms with Gasteiger partial charge in [0.25, 0.3) is 0 Å². The average molecular weight is 204 g/mol. The molecule has 0 aromatic heterocycles. The van der Waals surface area contributed by atoms with Crippen LogP contribution in [0.4, 0.5) is 5.69 Å². The van der Waals surface area contributed by atoms with Crippen molar-refractivity contribution in [3.8, 4) is 0 Å². The van der Waals surface area contributed by atoms with Gasteiger partial charge in [0.05, 0.1) is 0 Å². The summed E-state index contributed by atoms with van der Waals surface area (Å²) in [6, 6.07) is 7.76. The number of hydrogen-bond donors (Lipinski definition) is 1. The highest BCUT2D eigenvalue weighted by Crippen LogP contribution is 2.14. The van der Waals surface area contributed by atoms with Gasteiger partial charge in [-0.2, -0.15) is 0 Å². The first-order chi connectivity index (χ1) is 7.00. The number of amides is 1. The number of aryl methyl sites for hydroxylation is 1. The zero-order chi connectivity index (χ0) is 11.4. The molecule has 1 unspecified atom stereocenters. The highest BCUT2D eigenvalue weighted by Gasteiger charge is 2.16. The van der Waals surface area contributed by atoms with Crippen LogP contribution in [0.2, 0.25) is 0 Å². The molecule has 1 aromatic rings. The molecule has 2 heteroatoms. The van der Waals surface area contributed by atoms with Crippen molar-refractivity contribution >= 4 is 11.6 Å². The molecule has 0 aliphatic heterocycles. The van der Waals surface area contributed by atoms with E-state index in [4.69, 9.17) is 0 Å². The van der Waals surface area contributed by atoms with Crippen molar-refractivity contribution in [1.29, 1.82) is 0 Å². The van der Waals surface area contributed by atoms with E-state index in [-0.39, 0.29) is 17.7 Å². The fraction of sp³-hybridized carbons (Fsp3) is 0.385. The Labute approximate surface area is 91.7 Å². The van der Waals surface area contributed by atoms with E-state index in [0.29, 0.717) is 0 Å². The van der Waals surface area contributed by atoms with Gasteiger partial charge in [-0.05, 0) is 31.9 Å². The van der Waals surface area contributed by atoms with Crippen LogP contribution in [-0.2, 0) is 4.79 Å². The maximum atomic E-state index is 11.7. The third-order valence-corrected chi connectivity index (χ3v) is 2.46. The van der Waals surface area contributed by atoms with Crippen LogP contribution in [0.3, 0.4) is 0 Å². The summed E-state index contributed by atoms with van der Waals surface area (Å²) in [4.78, 5) is 11.7. The van der Waals surface area contributed by atoms with E-state index >= 15 is 0 Å². The van der Waals surface area contributed by atoms with Crippen molar-refractivity contribution in [3.63, 3.8) is 0 Å². The highest BCUT2D eigenvalue weighted by molar-refractivity contribution is 5.93. The van der Waals surface area contributed by atoms with Gasteiger partial charge in [0.1, 0.15) is 0 Å². The number of nitrogens with one attached hydrogen (secondary N) is 1. The highest BCUT2D eigenvalue weighted by atomic mass is 16.1. The predicted molar refractivity (Wildman–Crippen MR) is 63.5 cm³/mol. The molecular weight excluding hydrogens is 186 g/mol. The van der Waals surface area contributed by atoms with E-state index in [1.807, 2.05) is 45.0 Å². The van der Waals surface area contributed by atoms with Gasteiger partial charge in [-0.25, -0.2) is 0 Å². The van der Waals surface area contributed by atoms with Gasteiger partial charge >= 0.3 is 0 Å². The lowest BCUT2D eigenvalue weighted by molar-refractivity contribution is -0.119. The normalized spacial score (nSPS) is 12.6. The smallest absolute Gasteiger partial charge is 0.227 e. The maximum Gasteiger partial charge on any atom is 0.227 e. The molecule has 81 valence electrons. The number of benzene rings is 1. The fourth-order valence-corrected chi connectivity index (χ4v) is 1.17. The number of carbonyl (C=O) groups is 1. The summed E-state index contributed by atoms with van der Waals surface area (Å²) < 4.78 is 0. The van der Waals surface area contributed by atoms with Gasteiger partial charge in [-0.15, -0.1) is 0 Å². The first kappa shape index (κ1) is 11.8. The Balaban J connectivity index is 2.62. The Bertz CT molecular complexity index is 327. The third kappa shape index (κ3) is 3.39. The summed E-state index contributed by atoms with van der Waals surface area (Å²) in [5.41, 5.74) is 2.02. The second kappa shape index (κ2) is 4.96. The molecule has 1 radical (unpaired) electrons. The van der Waals surface area contributed by atoms with Gasteiger partial charge in [-0.1, -0.05) is 31.5 Å². The van der Waals surface area contributed by atoms with Gasteiger partial charge in [0.2, 0.25) is 5.91 Å². The van der Waals surface area contributed by atoms with Gasteiger partial charge in [0, 0.05) is 11.6 Å². The molecule has 1 N–H and O–H groups in total. The molecule has 1 rings (SSSR count). The van der Waals surface area contributed by atoms with Crippen LogP contribution >= 0.6 is 0 Å². The Hall–Kier alpha value is -1.31. The molecule has 0 bridgehead atoms. The monoisotopic (exact) mass is 204 g/mol. The van der Waals surface area contributed by atoms with Gasteiger partial charge < -0.3 is 5.32 Å². The number of hydrogen-bond acceptors (Lipinski definition) is 1. The summed E-state index contributed by atoms with van der Waals surface area (Å²) in [6.45, 7) is 9.84. The number of anilines is 1. The maximum absolute atomic E-state index is 11.7. The predicted octanol–water partition coefficient (Wildman–Crippen LogP) is 3.04. The minimum absolute atomic E-state index is 0.0196. The SMILES string of the molecule is [CH2]C(C(=O)Nc1ccc(C)cc1)C(C)C. The van der Waals surface area contributed by atoms with Crippen molar-refractivity contribution in [1.82, 2.24) is 0 Å². The molecule has 1 aromatic carbocycles. The van der Waals surface area contributed by atoms with E-state index < -0.39 is 0 Å². The second-order valence-electron chi connectivity index (χ2n) is 4.21. The van der Waals surface area contributed by atoms with E-state index in [2.05, 4.69) is 12.2 Å². The third-order valence-electron chi connectivity index (χ3n) is 2.46. The lowest BCUT2D eigenvalue weighted by atomic mass is 9.97. The van der Waals surface area contributed by atoms with Crippen LogP contribution in [0.25, 0.3) is 0 Å². The second-order valence-corrected chi connectivity index (χ2v) is 4.21. The van der Waals surface area contributed by atoms with Crippen LogP contribution in [0.5, 0.6) is 0 Å². The van der Waals surface area contributed by atoms with Gasteiger partial charge in [0.15, 0.2) is 0 Å². The van der Waals surface area contributed by atoms with E-state index in [1.165, 1.54) is 5.56 Å². The fourth-order valence-electron chi connectivity index (χ4n) is 1.17. The summed E-state index contributed by atoms with van der Waals surface area (Å²) >= 11 is 0.